The fourth-order valence-corrected chi connectivity index (χ4v) is 2.28. The molecule has 0 radical (unpaired) electrons. The molecule has 0 saturated carbocycles. The van der Waals surface area contributed by atoms with Crippen LogP contribution in [0.15, 0.2) is 48.5 Å². The Hall–Kier alpha value is -2.95. The largest absolute Gasteiger partial charge is 0.462 e. The monoisotopic (exact) mass is 326 g/mol. The third-order valence-corrected chi connectivity index (χ3v) is 3.33. The second-order valence-electron chi connectivity index (χ2n) is 4.86. The van der Waals surface area contributed by atoms with Crippen LogP contribution in [0.4, 0.5) is 0 Å². The van der Waals surface area contributed by atoms with Crippen molar-refractivity contribution in [2.75, 3.05) is 13.2 Å². The Morgan fingerprint density at radius 1 is 0.667 bits per heavy atom. The average molecular weight is 326 g/mol. The lowest BCUT2D eigenvalue weighted by Gasteiger charge is -2.11. The van der Waals surface area contributed by atoms with E-state index in [4.69, 9.17) is 9.47 Å². The Morgan fingerprint density at radius 2 is 1.00 bits per heavy atom. The number of carbonyl (C=O) groups excluding carboxylic acids is 3. The first-order valence-corrected chi connectivity index (χ1v) is 7.67. The summed E-state index contributed by atoms with van der Waals surface area (Å²) in [6.45, 7) is 3.80. The first-order chi connectivity index (χ1) is 11.6. The minimum Gasteiger partial charge on any atom is -0.462 e. The van der Waals surface area contributed by atoms with Crippen molar-refractivity contribution in [3.8, 4) is 0 Å². The third-order valence-electron chi connectivity index (χ3n) is 3.33. The fraction of sp³-hybridized carbons (Fsp3) is 0.211. The summed E-state index contributed by atoms with van der Waals surface area (Å²) in [6, 6.07) is 12.7. The average Bonchev–Trinajstić information content (AvgIpc) is 2.61. The number of carbonyl (C=O) groups is 3. The first kappa shape index (κ1) is 17.4. The van der Waals surface area contributed by atoms with Crippen molar-refractivity contribution in [2.45, 2.75) is 13.8 Å². The van der Waals surface area contributed by atoms with E-state index in [2.05, 4.69) is 0 Å². The lowest BCUT2D eigenvalue weighted by Crippen LogP contribution is -2.16. The van der Waals surface area contributed by atoms with Crippen molar-refractivity contribution in [3.05, 3.63) is 70.8 Å². The predicted octanol–water partition coefficient (Wildman–Crippen LogP) is 3.27. The molecule has 0 unspecified atom stereocenters. The van der Waals surface area contributed by atoms with Crippen molar-refractivity contribution in [1.82, 2.24) is 0 Å². The molecule has 0 atom stereocenters. The SMILES string of the molecule is CCOC(=O)c1ccccc1C(=O)c1ccccc1C(=O)OCC. The van der Waals surface area contributed by atoms with Gasteiger partial charge in [-0.25, -0.2) is 9.59 Å². The molecule has 0 bridgehead atoms. The number of hydrogen-bond donors (Lipinski definition) is 0. The van der Waals surface area contributed by atoms with Gasteiger partial charge >= 0.3 is 11.9 Å². The van der Waals surface area contributed by atoms with Crippen LogP contribution in [-0.4, -0.2) is 30.9 Å². The van der Waals surface area contributed by atoms with Crippen LogP contribution in [0.2, 0.25) is 0 Å². The van der Waals surface area contributed by atoms with Crippen LogP contribution in [0.25, 0.3) is 0 Å². The zero-order valence-corrected chi connectivity index (χ0v) is 13.6. The molecule has 0 aliphatic heterocycles. The molecular formula is C19H18O5. The van der Waals surface area contributed by atoms with E-state index in [-0.39, 0.29) is 35.5 Å². The summed E-state index contributed by atoms with van der Waals surface area (Å²) in [5.74, 6) is -1.58. The topological polar surface area (TPSA) is 69.7 Å². The summed E-state index contributed by atoms with van der Waals surface area (Å²) < 4.78 is 9.98. The highest BCUT2D eigenvalue weighted by Crippen LogP contribution is 2.19. The minimum absolute atomic E-state index is 0.169. The molecule has 0 aliphatic carbocycles. The molecule has 0 aromatic heterocycles. The fourth-order valence-electron chi connectivity index (χ4n) is 2.28. The minimum atomic E-state index is -0.574. The second-order valence-corrected chi connectivity index (χ2v) is 4.86. The molecule has 0 amide bonds. The summed E-state index contributed by atoms with van der Waals surface area (Å²) in [6.07, 6.45) is 0. The van der Waals surface area contributed by atoms with E-state index < -0.39 is 17.7 Å². The molecule has 5 nitrogen and oxygen atoms in total. The van der Waals surface area contributed by atoms with E-state index in [1.54, 1.807) is 38.1 Å². The van der Waals surface area contributed by atoms with E-state index in [1.807, 2.05) is 0 Å². The third kappa shape index (κ3) is 3.68. The van der Waals surface area contributed by atoms with Crippen LogP contribution in [0.1, 0.15) is 50.5 Å². The summed E-state index contributed by atoms with van der Waals surface area (Å²) in [7, 11) is 0. The maximum atomic E-state index is 12.9. The standard InChI is InChI=1S/C19H18O5/c1-3-23-18(21)15-11-7-5-9-13(15)17(20)14-10-6-8-12-16(14)19(22)24-4-2/h5-12H,3-4H2,1-2H3. The van der Waals surface area contributed by atoms with Gasteiger partial charge in [-0.3, -0.25) is 4.79 Å². The highest BCUT2D eigenvalue weighted by atomic mass is 16.5. The van der Waals surface area contributed by atoms with Gasteiger partial charge in [0, 0.05) is 11.1 Å². The van der Waals surface area contributed by atoms with Gasteiger partial charge in [-0.15, -0.1) is 0 Å². The van der Waals surface area contributed by atoms with E-state index >= 15 is 0 Å². The number of ether oxygens (including phenoxy) is 2. The Balaban J connectivity index is 2.48. The van der Waals surface area contributed by atoms with Crippen LogP contribution in [0, 0.1) is 0 Å². The van der Waals surface area contributed by atoms with Gasteiger partial charge < -0.3 is 9.47 Å². The molecule has 0 N–H and O–H groups in total. The zero-order valence-electron chi connectivity index (χ0n) is 13.6. The smallest absolute Gasteiger partial charge is 0.338 e. The number of hydrogen-bond acceptors (Lipinski definition) is 5. The lowest BCUT2D eigenvalue weighted by atomic mass is 9.95. The zero-order chi connectivity index (χ0) is 17.5. The highest BCUT2D eigenvalue weighted by molar-refractivity contribution is 6.18. The summed E-state index contributed by atoms with van der Waals surface area (Å²) in [5.41, 5.74) is 0.714. The molecular weight excluding hydrogens is 308 g/mol. The van der Waals surface area contributed by atoms with Crippen LogP contribution in [-0.2, 0) is 9.47 Å². The van der Waals surface area contributed by atoms with E-state index in [1.165, 1.54) is 24.3 Å². The van der Waals surface area contributed by atoms with Crippen LogP contribution >= 0.6 is 0 Å². The number of rotatable bonds is 6. The maximum Gasteiger partial charge on any atom is 0.338 e. The summed E-state index contributed by atoms with van der Waals surface area (Å²) in [4.78, 5) is 37.0. The van der Waals surface area contributed by atoms with Crippen molar-refractivity contribution in [3.63, 3.8) is 0 Å². The van der Waals surface area contributed by atoms with Crippen molar-refractivity contribution in [2.24, 2.45) is 0 Å². The van der Waals surface area contributed by atoms with E-state index in [0.29, 0.717) is 0 Å². The Labute approximate surface area is 140 Å². The number of esters is 2. The Bertz CT molecular complexity index is 700. The molecule has 24 heavy (non-hydrogen) atoms. The van der Waals surface area contributed by atoms with Crippen LogP contribution < -0.4 is 0 Å². The first-order valence-electron chi connectivity index (χ1n) is 7.67. The van der Waals surface area contributed by atoms with Gasteiger partial charge in [0.25, 0.3) is 0 Å². The van der Waals surface area contributed by atoms with Crippen LogP contribution in [0.3, 0.4) is 0 Å². The van der Waals surface area contributed by atoms with Gasteiger partial charge in [-0.2, -0.15) is 0 Å². The van der Waals surface area contributed by atoms with Crippen LogP contribution in [0.5, 0.6) is 0 Å². The molecule has 0 spiro atoms. The Morgan fingerprint density at radius 3 is 1.33 bits per heavy atom. The molecule has 5 heteroatoms. The maximum absolute atomic E-state index is 12.9. The molecule has 2 aromatic rings. The highest BCUT2D eigenvalue weighted by Gasteiger charge is 2.23. The molecule has 2 rings (SSSR count). The molecule has 0 fully saturated rings. The van der Waals surface area contributed by atoms with Gasteiger partial charge in [-0.05, 0) is 26.0 Å². The van der Waals surface area contributed by atoms with Crippen molar-refractivity contribution < 1.29 is 23.9 Å². The normalized spacial score (nSPS) is 10.1. The van der Waals surface area contributed by atoms with Gasteiger partial charge in [0.1, 0.15) is 0 Å². The summed E-state index contributed by atoms with van der Waals surface area (Å²) in [5, 5.41) is 0. The Kier molecular flexibility index (Phi) is 5.84. The molecule has 0 heterocycles. The molecule has 0 aliphatic rings. The predicted molar refractivity (Wildman–Crippen MR) is 88.2 cm³/mol. The molecule has 0 saturated heterocycles. The molecule has 2 aromatic carbocycles. The quantitative estimate of drug-likeness (QED) is 0.602. The summed E-state index contributed by atoms with van der Waals surface area (Å²) >= 11 is 0. The van der Waals surface area contributed by atoms with Gasteiger partial charge in [0.15, 0.2) is 5.78 Å². The van der Waals surface area contributed by atoms with Gasteiger partial charge in [0.05, 0.1) is 24.3 Å². The number of benzene rings is 2. The second kappa shape index (κ2) is 8.06. The van der Waals surface area contributed by atoms with Crippen molar-refractivity contribution >= 4 is 17.7 Å². The number of ketones is 1. The van der Waals surface area contributed by atoms with Gasteiger partial charge in [0.2, 0.25) is 0 Å². The molecule has 124 valence electrons. The van der Waals surface area contributed by atoms with E-state index in [9.17, 15) is 14.4 Å². The lowest BCUT2D eigenvalue weighted by molar-refractivity contribution is 0.0517. The van der Waals surface area contributed by atoms with E-state index in [0.717, 1.165) is 0 Å². The van der Waals surface area contributed by atoms with Gasteiger partial charge in [-0.1, -0.05) is 36.4 Å². The van der Waals surface area contributed by atoms with Crippen molar-refractivity contribution in [1.29, 1.82) is 0 Å².